The minimum atomic E-state index is -0.516. The summed E-state index contributed by atoms with van der Waals surface area (Å²) in [6.45, 7) is 4.71. The van der Waals surface area contributed by atoms with Gasteiger partial charge in [-0.05, 0) is 38.5 Å². The Bertz CT molecular complexity index is 1010. The molecule has 0 aliphatic heterocycles. The fraction of sp³-hybridized carbons (Fsp3) is 0.250. The normalized spacial score (nSPS) is 11.0. The summed E-state index contributed by atoms with van der Waals surface area (Å²) < 4.78 is 19.5. The minimum absolute atomic E-state index is 0.134. The van der Waals surface area contributed by atoms with Gasteiger partial charge in [0.25, 0.3) is 5.56 Å². The topological polar surface area (TPSA) is 90.0 Å². The molecule has 0 saturated heterocycles. The molecule has 8 heteroatoms. The van der Waals surface area contributed by atoms with Gasteiger partial charge < -0.3 is 9.84 Å². The summed E-state index contributed by atoms with van der Waals surface area (Å²) in [6, 6.07) is 4.37. The number of fused-ring (bicyclic) bond motifs is 1. The standard InChI is InChI=1S/C16H15FN4O3/c1-8-4-5-11(6-12(8)17)18-13(22)7-21-16(23)15-14(9(2)19-21)10(3)24-20-15/h4-6H,7H2,1-3H3,(H,18,22). The summed E-state index contributed by atoms with van der Waals surface area (Å²) in [4.78, 5) is 24.4. The van der Waals surface area contributed by atoms with Crippen LogP contribution in [-0.4, -0.2) is 20.8 Å². The summed E-state index contributed by atoms with van der Waals surface area (Å²) in [5.74, 6) is -0.413. The van der Waals surface area contributed by atoms with E-state index in [-0.39, 0.29) is 12.1 Å². The molecule has 0 saturated carbocycles. The van der Waals surface area contributed by atoms with Crippen LogP contribution >= 0.6 is 0 Å². The smallest absolute Gasteiger partial charge is 0.297 e. The fourth-order valence-electron chi connectivity index (χ4n) is 2.46. The lowest BCUT2D eigenvalue weighted by Gasteiger charge is -2.08. The van der Waals surface area contributed by atoms with Gasteiger partial charge in [-0.1, -0.05) is 11.2 Å². The zero-order chi connectivity index (χ0) is 17.4. The molecule has 1 N–H and O–H groups in total. The van der Waals surface area contributed by atoms with Gasteiger partial charge in [0.1, 0.15) is 18.1 Å². The van der Waals surface area contributed by atoms with Gasteiger partial charge in [0.15, 0.2) is 5.52 Å². The molecule has 0 aliphatic rings. The first-order chi connectivity index (χ1) is 11.4. The van der Waals surface area contributed by atoms with Gasteiger partial charge in [0, 0.05) is 5.69 Å². The van der Waals surface area contributed by atoms with E-state index in [0.717, 1.165) is 4.68 Å². The summed E-state index contributed by atoms with van der Waals surface area (Å²) >= 11 is 0. The van der Waals surface area contributed by atoms with E-state index in [1.165, 1.54) is 6.07 Å². The minimum Gasteiger partial charge on any atom is -0.360 e. The molecule has 0 fully saturated rings. The molecule has 0 radical (unpaired) electrons. The highest BCUT2D eigenvalue weighted by Gasteiger charge is 2.16. The van der Waals surface area contributed by atoms with Gasteiger partial charge in [-0.15, -0.1) is 0 Å². The Morgan fingerprint density at radius 2 is 2.08 bits per heavy atom. The average Bonchev–Trinajstić information content (AvgIpc) is 2.91. The lowest BCUT2D eigenvalue weighted by molar-refractivity contribution is -0.117. The van der Waals surface area contributed by atoms with Gasteiger partial charge in [-0.3, -0.25) is 9.59 Å². The molecule has 3 aromatic rings. The van der Waals surface area contributed by atoms with Crippen molar-refractivity contribution in [2.24, 2.45) is 0 Å². The van der Waals surface area contributed by atoms with Crippen molar-refractivity contribution in [3.63, 3.8) is 0 Å². The number of hydrogen-bond acceptors (Lipinski definition) is 5. The maximum Gasteiger partial charge on any atom is 0.297 e. The van der Waals surface area contributed by atoms with Gasteiger partial charge >= 0.3 is 0 Å². The first-order valence-corrected chi connectivity index (χ1v) is 7.26. The van der Waals surface area contributed by atoms with E-state index in [0.29, 0.717) is 28.1 Å². The number of nitrogens with one attached hydrogen (secondary N) is 1. The molecule has 1 amide bonds. The third kappa shape index (κ3) is 2.78. The van der Waals surface area contributed by atoms with E-state index in [1.54, 1.807) is 32.9 Å². The fourth-order valence-corrected chi connectivity index (χ4v) is 2.46. The number of halogens is 1. The van der Waals surface area contributed by atoms with Crippen molar-refractivity contribution in [1.82, 2.24) is 14.9 Å². The average molecular weight is 330 g/mol. The first-order valence-electron chi connectivity index (χ1n) is 7.26. The molecule has 3 rings (SSSR count). The van der Waals surface area contributed by atoms with Crippen molar-refractivity contribution >= 4 is 22.5 Å². The predicted molar refractivity (Wildman–Crippen MR) is 85.3 cm³/mol. The SMILES string of the molecule is Cc1ccc(NC(=O)Cn2nc(C)c3c(C)onc3c2=O)cc1F. The van der Waals surface area contributed by atoms with Gasteiger partial charge in [0.2, 0.25) is 5.91 Å². The maximum absolute atomic E-state index is 13.5. The van der Waals surface area contributed by atoms with E-state index in [1.807, 2.05) is 0 Å². The first kappa shape index (κ1) is 15.9. The molecular formula is C16H15FN4O3. The third-order valence-corrected chi connectivity index (χ3v) is 3.68. The number of nitrogens with zero attached hydrogens (tertiary/aromatic N) is 3. The van der Waals surface area contributed by atoms with Gasteiger partial charge in [-0.25, -0.2) is 9.07 Å². The van der Waals surface area contributed by atoms with E-state index >= 15 is 0 Å². The summed E-state index contributed by atoms with van der Waals surface area (Å²) in [5, 5.41) is 10.9. The Labute approximate surface area is 136 Å². The van der Waals surface area contributed by atoms with Crippen LogP contribution < -0.4 is 10.9 Å². The molecule has 0 spiro atoms. The van der Waals surface area contributed by atoms with Gasteiger partial charge in [0.05, 0.1) is 11.1 Å². The lowest BCUT2D eigenvalue weighted by atomic mass is 10.2. The van der Waals surface area contributed by atoms with Crippen LogP contribution in [0.25, 0.3) is 10.9 Å². The second kappa shape index (κ2) is 5.88. The zero-order valence-corrected chi connectivity index (χ0v) is 13.4. The maximum atomic E-state index is 13.5. The number of anilines is 1. The molecule has 0 aliphatic carbocycles. The lowest BCUT2D eigenvalue weighted by Crippen LogP contribution is -2.30. The molecule has 124 valence electrons. The van der Waals surface area contributed by atoms with Gasteiger partial charge in [-0.2, -0.15) is 5.10 Å². The summed E-state index contributed by atoms with van der Waals surface area (Å²) in [7, 11) is 0. The van der Waals surface area contributed by atoms with Crippen molar-refractivity contribution in [3.8, 4) is 0 Å². The van der Waals surface area contributed by atoms with Crippen LogP contribution in [0, 0.1) is 26.6 Å². The molecule has 24 heavy (non-hydrogen) atoms. The largest absolute Gasteiger partial charge is 0.360 e. The number of aromatic nitrogens is 3. The highest BCUT2D eigenvalue weighted by atomic mass is 19.1. The molecule has 0 bridgehead atoms. The Hall–Kier alpha value is -3.03. The van der Waals surface area contributed by atoms with Crippen LogP contribution in [0.1, 0.15) is 17.0 Å². The van der Waals surface area contributed by atoms with Crippen molar-refractivity contribution in [3.05, 3.63) is 51.4 Å². The molecule has 0 unspecified atom stereocenters. The third-order valence-electron chi connectivity index (χ3n) is 3.68. The monoisotopic (exact) mass is 330 g/mol. The van der Waals surface area contributed by atoms with Crippen molar-refractivity contribution in [2.45, 2.75) is 27.3 Å². The number of carbonyl (C=O) groups is 1. The number of aryl methyl sites for hydroxylation is 3. The highest BCUT2D eigenvalue weighted by Crippen LogP contribution is 2.17. The van der Waals surface area contributed by atoms with Crippen LogP contribution in [0.3, 0.4) is 0 Å². The van der Waals surface area contributed by atoms with Crippen molar-refractivity contribution < 1.29 is 13.7 Å². The Balaban J connectivity index is 1.86. The number of benzene rings is 1. The molecular weight excluding hydrogens is 315 g/mol. The van der Waals surface area contributed by atoms with Crippen LogP contribution in [-0.2, 0) is 11.3 Å². The van der Waals surface area contributed by atoms with E-state index in [4.69, 9.17) is 4.52 Å². The Kier molecular flexibility index (Phi) is 3.88. The van der Waals surface area contributed by atoms with Crippen molar-refractivity contribution in [2.75, 3.05) is 5.32 Å². The second-order valence-corrected chi connectivity index (χ2v) is 5.52. The number of rotatable bonds is 3. The van der Waals surface area contributed by atoms with Crippen LogP contribution in [0.2, 0.25) is 0 Å². The number of hydrogen-bond donors (Lipinski definition) is 1. The van der Waals surface area contributed by atoms with E-state index < -0.39 is 17.3 Å². The quantitative estimate of drug-likeness (QED) is 0.794. The molecule has 2 aromatic heterocycles. The predicted octanol–water partition coefficient (Wildman–Crippen LogP) is 2.09. The van der Waals surface area contributed by atoms with Crippen LogP contribution in [0.15, 0.2) is 27.5 Å². The molecule has 7 nitrogen and oxygen atoms in total. The van der Waals surface area contributed by atoms with E-state index in [2.05, 4.69) is 15.6 Å². The Morgan fingerprint density at radius 3 is 2.79 bits per heavy atom. The molecule has 1 aromatic carbocycles. The molecule has 0 atom stereocenters. The van der Waals surface area contributed by atoms with Crippen molar-refractivity contribution in [1.29, 1.82) is 0 Å². The summed E-state index contributed by atoms with van der Waals surface area (Å²) in [6.07, 6.45) is 0. The van der Waals surface area contributed by atoms with Crippen LogP contribution in [0.4, 0.5) is 10.1 Å². The zero-order valence-electron chi connectivity index (χ0n) is 13.4. The summed E-state index contributed by atoms with van der Waals surface area (Å²) in [5.41, 5.74) is 0.948. The number of amides is 1. The Morgan fingerprint density at radius 1 is 1.33 bits per heavy atom. The molecule has 2 heterocycles. The second-order valence-electron chi connectivity index (χ2n) is 5.52. The number of carbonyl (C=O) groups excluding carboxylic acids is 1. The highest BCUT2D eigenvalue weighted by molar-refractivity contribution is 5.90. The van der Waals surface area contributed by atoms with Crippen LogP contribution in [0.5, 0.6) is 0 Å². The van der Waals surface area contributed by atoms with E-state index in [9.17, 15) is 14.0 Å².